The summed E-state index contributed by atoms with van der Waals surface area (Å²) in [5.41, 5.74) is 4.66. The molecule has 42 heavy (non-hydrogen) atoms. The van der Waals surface area contributed by atoms with Crippen molar-refractivity contribution in [2.24, 2.45) is 17.6 Å². The van der Waals surface area contributed by atoms with Gasteiger partial charge in [-0.3, -0.25) is 19.3 Å². The number of carbonyl (C=O) groups excluding carboxylic acids is 3. The third-order valence-electron chi connectivity index (χ3n) is 8.68. The van der Waals surface area contributed by atoms with E-state index in [0.717, 1.165) is 11.1 Å². The molecule has 3 aliphatic carbocycles. The molecule has 11 heteroatoms. The predicted octanol–water partition coefficient (Wildman–Crippen LogP) is 1.86. The molecule has 0 saturated carbocycles. The second-order valence-electron chi connectivity index (χ2n) is 11.7. The summed E-state index contributed by atoms with van der Waals surface area (Å²) in [6.07, 6.45) is 0.225. The van der Waals surface area contributed by atoms with E-state index in [1.807, 2.05) is 37.2 Å². The first-order chi connectivity index (χ1) is 19.7. The molecule has 0 spiro atoms. The molecule has 0 aliphatic heterocycles. The smallest absolute Gasteiger partial charge is 0.255 e. The standard InChI is InChI=1S/C31H35N3O8/c1-33(2)13-16-10-14(6-9-21(16)42-5)17-7-8-20(35)23-18(17)11-15-12-19-25(34(3)4)27(37)24(30(32)40)29(39)31(19,41)28(38)22(15)26(23)36/h6-10,15,19,25,35,37-38,41H,11-13H2,1-5H3,(H2,32,40)/t15-,19-,25+,31+/m1/s1. The number of carbonyl (C=O) groups is 3. The van der Waals surface area contributed by atoms with Crippen LogP contribution in [0.15, 0.2) is 53.0 Å². The molecule has 0 bridgehead atoms. The van der Waals surface area contributed by atoms with Gasteiger partial charge in [0, 0.05) is 23.6 Å². The summed E-state index contributed by atoms with van der Waals surface area (Å²) < 4.78 is 5.53. The number of amides is 1. The van der Waals surface area contributed by atoms with Gasteiger partial charge in [-0.25, -0.2) is 0 Å². The highest BCUT2D eigenvalue weighted by Crippen LogP contribution is 2.53. The zero-order valence-electron chi connectivity index (χ0n) is 24.1. The number of phenolic OH excluding ortho intramolecular Hbond substituents is 1. The molecule has 4 atom stereocenters. The monoisotopic (exact) mass is 577 g/mol. The predicted molar refractivity (Wildman–Crippen MR) is 153 cm³/mol. The van der Waals surface area contributed by atoms with Crippen LogP contribution in [0.3, 0.4) is 0 Å². The maximum absolute atomic E-state index is 14.0. The minimum atomic E-state index is -2.67. The van der Waals surface area contributed by atoms with Gasteiger partial charge in [-0.05, 0) is 81.8 Å². The van der Waals surface area contributed by atoms with Crippen LogP contribution in [0.2, 0.25) is 0 Å². The molecule has 0 heterocycles. The highest BCUT2D eigenvalue weighted by molar-refractivity contribution is 6.24. The first-order valence-electron chi connectivity index (χ1n) is 13.6. The zero-order valence-corrected chi connectivity index (χ0v) is 24.1. The first-order valence-corrected chi connectivity index (χ1v) is 13.6. The van der Waals surface area contributed by atoms with E-state index in [1.54, 1.807) is 27.3 Å². The van der Waals surface area contributed by atoms with Crippen molar-refractivity contribution < 1.29 is 39.5 Å². The van der Waals surface area contributed by atoms with E-state index >= 15 is 0 Å². The number of aliphatic hydroxyl groups is 3. The normalized spacial score (nSPS) is 25.5. The second kappa shape index (κ2) is 10.3. The fraction of sp³-hybridized carbons (Fsp3) is 0.387. The number of hydrogen-bond acceptors (Lipinski definition) is 10. The Labute approximate surface area is 243 Å². The number of rotatable bonds is 6. The number of aliphatic hydroxyl groups excluding tert-OH is 2. The van der Waals surface area contributed by atoms with Crippen LogP contribution >= 0.6 is 0 Å². The lowest BCUT2D eigenvalue weighted by Crippen LogP contribution is -2.63. The fourth-order valence-electron chi connectivity index (χ4n) is 6.93. The molecule has 0 saturated heterocycles. The van der Waals surface area contributed by atoms with Crippen LogP contribution in [0.5, 0.6) is 11.5 Å². The van der Waals surface area contributed by atoms with Gasteiger partial charge in [0.1, 0.15) is 28.6 Å². The van der Waals surface area contributed by atoms with Gasteiger partial charge in [-0.15, -0.1) is 0 Å². The van der Waals surface area contributed by atoms with Crippen molar-refractivity contribution in [1.82, 2.24) is 9.80 Å². The fourth-order valence-corrected chi connectivity index (χ4v) is 6.93. The van der Waals surface area contributed by atoms with Gasteiger partial charge in [-0.2, -0.15) is 0 Å². The van der Waals surface area contributed by atoms with Crippen LogP contribution in [0.25, 0.3) is 11.1 Å². The van der Waals surface area contributed by atoms with Gasteiger partial charge in [0.2, 0.25) is 5.78 Å². The lowest BCUT2D eigenvalue weighted by atomic mass is 9.58. The number of nitrogens with zero attached hydrogens (tertiary/aromatic N) is 2. The van der Waals surface area contributed by atoms with Gasteiger partial charge < -0.3 is 35.8 Å². The molecule has 0 unspecified atom stereocenters. The maximum atomic E-state index is 14.0. The minimum absolute atomic E-state index is 0.0232. The van der Waals surface area contributed by atoms with E-state index in [9.17, 15) is 34.8 Å². The van der Waals surface area contributed by atoms with Gasteiger partial charge in [0.05, 0.1) is 18.7 Å². The third-order valence-corrected chi connectivity index (χ3v) is 8.68. The number of likely N-dealkylation sites (N-methyl/N-ethyl adjacent to an activating group) is 1. The van der Waals surface area contributed by atoms with Crippen LogP contribution in [-0.2, 0) is 22.6 Å². The van der Waals surface area contributed by atoms with Gasteiger partial charge in [0.25, 0.3) is 5.91 Å². The Bertz CT molecular complexity index is 1590. The summed E-state index contributed by atoms with van der Waals surface area (Å²) >= 11 is 0. The molecule has 0 radical (unpaired) electrons. The number of hydrogen-bond donors (Lipinski definition) is 5. The molecule has 5 rings (SSSR count). The summed E-state index contributed by atoms with van der Waals surface area (Å²) in [4.78, 5) is 43.1. The summed E-state index contributed by atoms with van der Waals surface area (Å²) in [6.45, 7) is 0.601. The molecular formula is C31H35N3O8. The molecule has 222 valence electrons. The number of nitrogens with two attached hydrogens (primary N) is 1. The van der Waals surface area contributed by atoms with Gasteiger partial charge in [0.15, 0.2) is 11.4 Å². The topological polar surface area (TPSA) is 174 Å². The summed E-state index contributed by atoms with van der Waals surface area (Å²) in [7, 11) is 8.66. The molecule has 1 amide bonds. The average Bonchev–Trinajstić information content (AvgIpc) is 2.90. The minimum Gasteiger partial charge on any atom is -0.510 e. The molecule has 2 aromatic carbocycles. The van der Waals surface area contributed by atoms with Crippen LogP contribution < -0.4 is 10.5 Å². The molecule has 2 aromatic rings. The molecule has 0 fully saturated rings. The van der Waals surface area contributed by atoms with E-state index in [4.69, 9.17) is 10.5 Å². The third kappa shape index (κ3) is 4.19. The van der Waals surface area contributed by atoms with Gasteiger partial charge >= 0.3 is 0 Å². The van der Waals surface area contributed by atoms with E-state index in [0.29, 0.717) is 23.4 Å². The van der Waals surface area contributed by atoms with Crippen molar-refractivity contribution >= 4 is 17.5 Å². The largest absolute Gasteiger partial charge is 0.510 e. The summed E-state index contributed by atoms with van der Waals surface area (Å²) in [5, 5.41) is 45.0. The number of methoxy groups -OCH3 is 1. The van der Waals surface area contributed by atoms with Crippen LogP contribution in [0, 0.1) is 11.8 Å². The molecule has 0 aromatic heterocycles. The van der Waals surface area contributed by atoms with E-state index in [1.165, 1.54) is 11.0 Å². The number of benzene rings is 2. The number of Topliss-reactive ketones (excluding diaryl/α,β-unsaturated/α-hetero) is 2. The number of primary amides is 1. The molecule has 11 nitrogen and oxygen atoms in total. The van der Waals surface area contributed by atoms with Crippen molar-refractivity contribution in [3.8, 4) is 22.6 Å². The van der Waals surface area contributed by atoms with Crippen LogP contribution in [0.4, 0.5) is 0 Å². The van der Waals surface area contributed by atoms with E-state index in [-0.39, 0.29) is 29.7 Å². The van der Waals surface area contributed by atoms with Crippen molar-refractivity contribution in [3.05, 3.63) is 69.7 Å². The Morgan fingerprint density at radius 2 is 1.79 bits per heavy atom. The van der Waals surface area contributed by atoms with E-state index < -0.39 is 58.0 Å². The van der Waals surface area contributed by atoms with Crippen molar-refractivity contribution in [1.29, 1.82) is 0 Å². The number of fused-ring (bicyclic) bond motifs is 3. The SMILES string of the molecule is COc1ccc(-c2ccc(O)c3c2C[C@@H]2C[C@@H]4[C@H](N(C)C)C(O)=C(C(N)=O)C(=O)[C@@]4(O)C(O)=C2C3=O)cc1CN(C)C. The van der Waals surface area contributed by atoms with Crippen molar-refractivity contribution in [2.45, 2.75) is 31.0 Å². The number of aromatic hydroxyl groups is 1. The first kappa shape index (κ1) is 29.3. The highest BCUT2D eigenvalue weighted by Gasteiger charge is 2.63. The lowest BCUT2D eigenvalue weighted by molar-refractivity contribution is -0.148. The quantitative estimate of drug-likeness (QED) is 0.319. The zero-order chi connectivity index (χ0) is 30.8. The lowest BCUT2D eigenvalue weighted by Gasteiger charge is -2.50. The van der Waals surface area contributed by atoms with Gasteiger partial charge in [-0.1, -0.05) is 12.1 Å². The molecule has 3 aliphatic rings. The number of phenols is 1. The summed E-state index contributed by atoms with van der Waals surface area (Å²) in [5.74, 6) is -6.06. The Hall–Kier alpha value is -4.19. The van der Waals surface area contributed by atoms with Crippen molar-refractivity contribution in [2.75, 3.05) is 35.3 Å². The highest BCUT2D eigenvalue weighted by atomic mass is 16.5. The van der Waals surface area contributed by atoms with E-state index in [2.05, 4.69) is 0 Å². The van der Waals surface area contributed by atoms with Crippen LogP contribution in [0.1, 0.15) is 27.9 Å². The Morgan fingerprint density at radius 3 is 2.38 bits per heavy atom. The van der Waals surface area contributed by atoms with Crippen molar-refractivity contribution in [3.63, 3.8) is 0 Å². The number of ketones is 2. The Balaban J connectivity index is 1.69. The molecule has 6 N–H and O–H groups in total. The number of ether oxygens (including phenoxy) is 1. The Kier molecular flexibility index (Phi) is 7.16. The average molecular weight is 578 g/mol. The maximum Gasteiger partial charge on any atom is 0.255 e. The van der Waals surface area contributed by atoms with Crippen LogP contribution in [-0.4, -0.2) is 94.6 Å². The summed E-state index contributed by atoms with van der Waals surface area (Å²) in [6, 6.07) is 7.77. The Morgan fingerprint density at radius 1 is 1.10 bits per heavy atom. The number of allylic oxidation sites excluding steroid dienone is 1. The molecular weight excluding hydrogens is 542 g/mol. The second-order valence-corrected chi connectivity index (χ2v) is 11.7.